The van der Waals surface area contributed by atoms with Gasteiger partial charge in [-0.15, -0.1) is 0 Å². The van der Waals surface area contributed by atoms with E-state index in [1.807, 2.05) is 18.5 Å². The Bertz CT molecular complexity index is 229. The van der Waals surface area contributed by atoms with Crippen LogP contribution in [-0.2, 0) is 4.74 Å². The Balaban J connectivity index is 1.72. The average molecular weight is 181 g/mol. The summed E-state index contributed by atoms with van der Waals surface area (Å²) in [6.07, 6.45) is 3.86. The zero-order valence-corrected chi connectivity index (χ0v) is 7.55. The van der Waals surface area contributed by atoms with Crippen LogP contribution in [0.2, 0.25) is 0 Å². The SMILES string of the molecule is c1cc(NCC2COCCN2)c[nH]1. The van der Waals surface area contributed by atoms with Crippen molar-refractivity contribution in [2.75, 3.05) is 31.6 Å². The molecule has 1 saturated heterocycles. The number of rotatable bonds is 3. The molecule has 1 aliphatic heterocycles. The highest BCUT2D eigenvalue weighted by molar-refractivity contribution is 5.40. The monoisotopic (exact) mass is 181 g/mol. The minimum atomic E-state index is 0.434. The topological polar surface area (TPSA) is 49.1 Å². The third-order valence-corrected chi connectivity index (χ3v) is 2.15. The molecule has 0 saturated carbocycles. The molecular weight excluding hydrogens is 166 g/mol. The fourth-order valence-electron chi connectivity index (χ4n) is 1.43. The zero-order valence-electron chi connectivity index (χ0n) is 7.55. The highest BCUT2D eigenvalue weighted by Crippen LogP contribution is 2.03. The summed E-state index contributed by atoms with van der Waals surface area (Å²) in [4.78, 5) is 3.00. The third kappa shape index (κ3) is 2.47. The Labute approximate surface area is 77.7 Å². The summed E-state index contributed by atoms with van der Waals surface area (Å²) in [6, 6.07) is 2.45. The van der Waals surface area contributed by atoms with Crippen LogP contribution in [0.4, 0.5) is 5.69 Å². The number of morpholine rings is 1. The van der Waals surface area contributed by atoms with Crippen LogP contribution in [0.5, 0.6) is 0 Å². The lowest BCUT2D eigenvalue weighted by atomic mass is 10.3. The quantitative estimate of drug-likeness (QED) is 0.633. The molecule has 0 bridgehead atoms. The molecule has 1 unspecified atom stereocenters. The predicted molar refractivity (Wildman–Crippen MR) is 51.9 cm³/mol. The van der Waals surface area contributed by atoms with E-state index in [4.69, 9.17) is 4.74 Å². The Kier molecular flexibility index (Phi) is 2.84. The van der Waals surface area contributed by atoms with Gasteiger partial charge >= 0.3 is 0 Å². The van der Waals surface area contributed by atoms with Gasteiger partial charge in [0.05, 0.1) is 18.9 Å². The van der Waals surface area contributed by atoms with Gasteiger partial charge in [0, 0.05) is 31.5 Å². The Morgan fingerprint density at radius 2 is 2.62 bits per heavy atom. The molecule has 0 spiro atoms. The largest absolute Gasteiger partial charge is 0.382 e. The second-order valence-corrected chi connectivity index (χ2v) is 3.21. The molecule has 1 atom stereocenters. The second-order valence-electron chi connectivity index (χ2n) is 3.21. The van der Waals surface area contributed by atoms with Gasteiger partial charge in [-0.05, 0) is 6.07 Å². The van der Waals surface area contributed by atoms with Gasteiger partial charge in [0.15, 0.2) is 0 Å². The standard InChI is InChI=1S/C9H15N3O/c1-2-10-5-8(1)12-6-9-7-13-4-3-11-9/h1-2,5,9-12H,3-4,6-7H2. The molecule has 3 N–H and O–H groups in total. The number of hydrogen-bond acceptors (Lipinski definition) is 3. The maximum atomic E-state index is 5.34. The molecule has 2 rings (SSSR count). The van der Waals surface area contributed by atoms with Crippen molar-refractivity contribution in [3.05, 3.63) is 18.5 Å². The van der Waals surface area contributed by atoms with E-state index in [1.165, 1.54) is 0 Å². The van der Waals surface area contributed by atoms with Crippen molar-refractivity contribution in [3.63, 3.8) is 0 Å². The molecule has 0 radical (unpaired) electrons. The molecule has 0 aromatic carbocycles. The number of H-pyrrole nitrogens is 1. The summed E-state index contributed by atoms with van der Waals surface area (Å²) in [6.45, 7) is 3.51. The van der Waals surface area contributed by atoms with E-state index in [9.17, 15) is 0 Å². The van der Waals surface area contributed by atoms with E-state index in [-0.39, 0.29) is 0 Å². The smallest absolute Gasteiger partial charge is 0.0637 e. The normalized spacial score (nSPS) is 22.9. The summed E-state index contributed by atoms with van der Waals surface area (Å²) < 4.78 is 5.34. The van der Waals surface area contributed by atoms with Crippen LogP contribution in [0.3, 0.4) is 0 Å². The first-order chi connectivity index (χ1) is 6.45. The lowest BCUT2D eigenvalue weighted by Crippen LogP contribution is -2.45. The van der Waals surface area contributed by atoms with Crippen molar-refractivity contribution in [1.82, 2.24) is 10.3 Å². The molecule has 1 aromatic heterocycles. The van der Waals surface area contributed by atoms with E-state index in [0.29, 0.717) is 6.04 Å². The molecule has 1 fully saturated rings. The molecule has 72 valence electrons. The Morgan fingerprint density at radius 1 is 1.62 bits per heavy atom. The summed E-state index contributed by atoms with van der Waals surface area (Å²) in [5.74, 6) is 0. The molecule has 4 nitrogen and oxygen atoms in total. The first-order valence-electron chi connectivity index (χ1n) is 4.63. The molecule has 13 heavy (non-hydrogen) atoms. The van der Waals surface area contributed by atoms with Gasteiger partial charge in [-0.2, -0.15) is 0 Å². The molecule has 1 aromatic rings. The number of hydrogen-bond donors (Lipinski definition) is 3. The van der Waals surface area contributed by atoms with E-state index < -0.39 is 0 Å². The van der Waals surface area contributed by atoms with Gasteiger partial charge in [0.25, 0.3) is 0 Å². The minimum absolute atomic E-state index is 0.434. The van der Waals surface area contributed by atoms with Gasteiger partial charge in [0.1, 0.15) is 0 Å². The molecule has 0 aliphatic carbocycles. The summed E-state index contributed by atoms with van der Waals surface area (Å²) in [7, 11) is 0. The molecule has 0 amide bonds. The highest BCUT2D eigenvalue weighted by Gasteiger charge is 2.11. The van der Waals surface area contributed by atoms with Crippen molar-refractivity contribution in [3.8, 4) is 0 Å². The maximum Gasteiger partial charge on any atom is 0.0637 e. The van der Waals surface area contributed by atoms with Gasteiger partial charge in [-0.3, -0.25) is 0 Å². The van der Waals surface area contributed by atoms with Gasteiger partial charge < -0.3 is 20.4 Å². The van der Waals surface area contributed by atoms with E-state index >= 15 is 0 Å². The van der Waals surface area contributed by atoms with E-state index in [0.717, 1.165) is 32.0 Å². The number of aromatic amines is 1. The predicted octanol–water partition coefficient (Wildman–Crippen LogP) is 0.415. The van der Waals surface area contributed by atoms with Crippen molar-refractivity contribution in [2.24, 2.45) is 0 Å². The van der Waals surface area contributed by atoms with Crippen LogP contribution < -0.4 is 10.6 Å². The first kappa shape index (κ1) is 8.59. The fourth-order valence-corrected chi connectivity index (χ4v) is 1.43. The summed E-state index contributed by atoms with van der Waals surface area (Å²) in [5, 5.41) is 6.70. The van der Waals surface area contributed by atoms with Gasteiger partial charge in [-0.25, -0.2) is 0 Å². The van der Waals surface area contributed by atoms with Crippen LogP contribution in [0, 0.1) is 0 Å². The number of ether oxygens (including phenoxy) is 1. The van der Waals surface area contributed by atoms with Crippen LogP contribution >= 0.6 is 0 Å². The van der Waals surface area contributed by atoms with Crippen molar-refractivity contribution in [1.29, 1.82) is 0 Å². The number of aromatic nitrogens is 1. The second kappa shape index (κ2) is 4.30. The van der Waals surface area contributed by atoms with E-state index in [1.54, 1.807) is 0 Å². The van der Waals surface area contributed by atoms with Gasteiger partial charge in [0.2, 0.25) is 0 Å². The van der Waals surface area contributed by atoms with Crippen LogP contribution in [0.25, 0.3) is 0 Å². The zero-order chi connectivity index (χ0) is 8.93. The van der Waals surface area contributed by atoms with Crippen molar-refractivity contribution >= 4 is 5.69 Å². The van der Waals surface area contributed by atoms with Crippen LogP contribution in [0.15, 0.2) is 18.5 Å². The number of anilines is 1. The number of nitrogens with one attached hydrogen (secondary N) is 3. The summed E-state index contributed by atoms with van der Waals surface area (Å²) >= 11 is 0. The molecule has 2 heterocycles. The molecule has 1 aliphatic rings. The maximum absolute atomic E-state index is 5.34. The fraction of sp³-hybridized carbons (Fsp3) is 0.556. The average Bonchev–Trinajstić information content (AvgIpc) is 2.69. The third-order valence-electron chi connectivity index (χ3n) is 2.15. The summed E-state index contributed by atoms with van der Waals surface area (Å²) in [5.41, 5.74) is 1.13. The first-order valence-corrected chi connectivity index (χ1v) is 4.63. The Morgan fingerprint density at radius 3 is 3.31 bits per heavy atom. The van der Waals surface area contributed by atoms with Gasteiger partial charge in [-0.1, -0.05) is 0 Å². The molecule has 4 heteroatoms. The van der Waals surface area contributed by atoms with Crippen LogP contribution in [0.1, 0.15) is 0 Å². The van der Waals surface area contributed by atoms with Crippen molar-refractivity contribution < 1.29 is 4.74 Å². The Hall–Kier alpha value is -1.00. The lowest BCUT2D eigenvalue weighted by Gasteiger charge is -2.24. The lowest BCUT2D eigenvalue weighted by molar-refractivity contribution is 0.0806. The van der Waals surface area contributed by atoms with E-state index in [2.05, 4.69) is 15.6 Å². The minimum Gasteiger partial charge on any atom is -0.382 e. The van der Waals surface area contributed by atoms with Crippen molar-refractivity contribution in [2.45, 2.75) is 6.04 Å². The highest BCUT2D eigenvalue weighted by atomic mass is 16.5. The molecular formula is C9H15N3O. The van der Waals surface area contributed by atoms with Crippen LogP contribution in [-0.4, -0.2) is 37.3 Å².